The van der Waals surface area contributed by atoms with Crippen LogP contribution in [0.5, 0.6) is 0 Å². The molecule has 0 spiro atoms. The Hall–Kier alpha value is -1.98. The van der Waals surface area contributed by atoms with Crippen molar-refractivity contribution in [3.8, 4) is 11.3 Å². The van der Waals surface area contributed by atoms with Crippen LogP contribution >= 0.6 is 0 Å². The quantitative estimate of drug-likeness (QED) is 0.734. The van der Waals surface area contributed by atoms with Crippen LogP contribution in [-0.2, 0) is 6.18 Å². The zero-order valence-corrected chi connectivity index (χ0v) is 10.2. The van der Waals surface area contributed by atoms with Gasteiger partial charge in [-0.1, -0.05) is 0 Å². The molecule has 0 aliphatic rings. The summed E-state index contributed by atoms with van der Waals surface area (Å²) in [5.74, 6) is -0.951. The van der Waals surface area contributed by atoms with Crippen molar-refractivity contribution in [1.82, 2.24) is 10.2 Å². The molecule has 2 nitrogen and oxygen atoms in total. The average Bonchev–Trinajstić information content (AvgIpc) is 2.31. The molecule has 100 valence electrons. The van der Waals surface area contributed by atoms with Gasteiger partial charge in [-0.15, -0.1) is 0 Å². The fraction of sp³-hybridized carbons (Fsp3) is 0.231. The summed E-state index contributed by atoms with van der Waals surface area (Å²) in [4.78, 5) is 0. The van der Waals surface area contributed by atoms with Gasteiger partial charge in [0, 0.05) is 5.56 Å². The normalized spacial score (nSPS) is 11.7. The molecule has 0 unspecified atom stereocenters. The van der Waals surface area contributed by atoms with Crippen molar-refractivity contribution in [2.45, 2.75) is 20.0 Å². The highest BCUT2D eigenvalue weighted by molar-refractivity contribution is 5.64. The summed E-state index contributed by atoms with van der Waals surface area (Å²) in [6.45, 7) is 3.47. The summed E-state index contributed by atoms with van der Waals surface area (Å²) < 4.78 is 51.2. The van der Waals surface area contributed by atoms with Crippen LogP contribution in [0.3, 0.4) is 0 Å². The van der Waals surface area contributed by atoms with Gasteiger partial charge in [0.2, 0.25) is 0 Å². The van der Waals surface area contributed by atoms with Crippen LogP contribution in [0.1, 0.15) is 16.7 Å². The number of alkyl halides is 3. The molecule has 1 aromatic heterocycles. The standard InChI is InChI=1S/C13H10F4N2/c1-7-6-18-19-12(8(7)2)9-3-10(13(15,16)17)5-11(14)4-9/h3-6H,1-2H3. The van der Waals surface area contributed by atoms with Gasteiger partial charge in [0.15, 0.2) is 0 Å². The highest BCUT2D eigenvalue weighted by atomic mass is 19.4. The summed E-state index contributed by atoms with van der Waals surface area (Å²) in [6.07, 6.45) is -3.09. The first kappa shape index (κ1) is 13.5. The Morgan fingerprint density at radius 1 is 1.05 bits per heavy atom. The number of aryl methyl sites for hydroxylation is 1. The molecule has 0 amide bonds. The number of rotatable bonds is 1. The van der Waals surface area contributed by atoms with E-state index in [4.69, 9.17) is 0 Å². The lowest BCUT2D eigenvalue weighted by molar-refractivity contribution is -0.137. The van der Waals surface area contributed by atoms with E-state index in [1.165, 1.54) is 6.20 Å². The third kappa shape index (κ3) is 2.72. The lowest BCUT2D eigenvalue weighted by Crippen LogP contribution is -2.06. The lowest BCUT2D eigenvalue weighted by atomic mass is 10.0. The van der Waals surface area contributed by atoms with Crippen LogP contribution in [0.15, 0.2) is 24.4 Å². The summed E-state index contributed by atoms with van der Waals surface area (Å²) >= 11 is 0. The van der Waals surface area contributed by atoms with Crippen LogP contribution in [0.25, 0.3) is 11.3 Å². The number of aromatic nitrogens is 2. The van der Waals surface area contributed by atoms with Crippen molar-refractivity contribution in [1.29, 1.82) is 0 Å². The van der Waals surface area contributed by atoms with Crippen LogP contribution in [0, 0.1) is 19.7 Å². The highest BCUT2D eigenvalue weighted by Gasteiger charge is 2.31. The number of nitrogens with zero attached hydrogens (tertiary/aromatic N) is 2. The summed E-state index contributed by atoms with van der Waals surface area (Å²) in [6, 6.07) is 2.35. The second-order valence-electron chi connectivity index (χ2n) is 4.23. The minimum atomic E-state index is -4.60. The topological polar surface area (TPSA) is 25.8 Å². The fourth-order valence-electron chi connectivity index (χ4n) is 1.70. The molecule has 6 heteroatoms. The molecule has 0 atom stereocenters. The van der Waals surface area contributed by atoms with Gasteiger partial charge < -0.3 is 0 Å². The summed E-state index contributed by atoms with van der Waals surface area (Å²) in [7, 11) is 0. The van der Waals surface area contributed by atoms with Crippen molar-refractivity contribution in [2.75, 3.05) is 0 Å². The molecular weight excluding hydrogens is 260 g/mol. The monoisotopic (exact) mass is 270 g/mol. The molecule has 19 heavy (non-hydrogen) atoms. The Morgan fingerprint density at radius 2 is 1.74 bits per heavy atom. The fourth-order valence-corrected chi connectivity index (χ4v) is 1.70. The molecular formula is C13H10F4N2. The number of benzene rings is 1. The molecule has 1 aromatic carbocycles. The van der Waals surface area contributed by atoms with Gasteiger partial charge in [-0.3, -0.25) is 0 Å². The van der Waals surface area contributed by atoms with Gasteiger partial charge in [0.05, 0.1) is 17.5 Å². The van der Waals surface area contributed by atoms with Gasteiger partial charge in [-0.2, -0.15) is 23.4 Å². The van der Waals surface area contributed by atoms with E-state index in [0.717, 1.165) is 17.7 Å². The van der Waals surface area contributed by atoms with Crippen molar-refractivity contribution < 1.29 is 17.6 Å². The molecule has 0 aliphatic carbocycles. The average molecular weight is 270 g/mol. The molecule has 2 aromatic rings. The number of hydrogen-bond donors (Lipinski definition) is 0. The zero-order valence-electron chi connectivity index (χ0n) is 10.2. The Kier molecular flexibility index (Phi) is 3.26. The van der Waals surface area contributed by atoms with E-state index in [1.807, 2.05) is 0 Å². The van der Waals surface area contributed by atoms with E-state index in [0.29, 0.717) is 11.6 Å². The summed E-state index contributed by atoms with van der Waals surface area (Å²) in [5.41, 5.74) is 0.743. The minimum absolute atomic E-state index is 0.0704. The van der Waals surface area contributed by atoms with Crippen LogP contribution < -0.4 is 0 Å². The predicted molar refractivity (Wildman–Crippen MR) is 61.9 cm³/mol. The van der Waals surface area contributed by atoms with Gasteiger partial charge in [0.1, 0.15) is 5.82 Å². The zero-order chi connectivity index (χ0) is 14.2. The Bertz CT molecular complexity index is 621. The van der Waals surface area contributed by atoms with Crippen LogP contribution in [-0.4, -0.2) is 10.2 Å². The smallest absolute Gasteiger partial charge is 0.207 e. The lowest BCUT2D eigenvalue weighted by Gasteiger charge is -2.11. The summed E-state index contributed by atoms with van der Waals surface area (Å²) in [5, 5.41) is 7.48. The van der Waals surface area contributed by atoms with E-state index >= 15 is 0 Å². The van der Waals surface area contributed by atoms with Gasteiger partial charge in [-0.25, -0.2) is 4.39 Å². The molecule has 0 aliphatic heterocycles. The molecule has 0 bridgehead atoms. The van der Waals surface area contributed by atoms with E-state index in [1.54, 1.807) is 13.8 Å². The Balaban J connectivity index is 2.63. The maximum absolute atomic E-state index is 13.3. The van der Waals surface area contributed by atoms with Crippen LogP contribution in [0.4, 0.5) is 17.6 Å². The molecule has 0 radical (unpaired) electrons. The second-order valence-corrected chi connectivity index (χ2v) is 4.23. The molecule has 0 N–H and O–H groups in total. The third-order valence-electron chi connectivity index (χ3n) is 2.85. The molecule has 1 heterocycles. The maximum atomic E-state index is 13.3. The van der Waals surface area contributed by atoms with Crippen molar-refractivity contribution in [3.63, 3.8) is 0 Å². The molecule has 0 saturated heterocycles. The molecule has 0 saturated carbocycles. The first-order chi connectivity index (χ1) is 8.79. The van der Waals surface area contributed by atoms with Gasteiger partial charge >= 0.3 is 6.18 Å². The largest absolute Gasteiger partial charge is 0.416 e. The SMILES string of the molecule is Cc1cnnc(-c2cc(F)cc(C(F)(F)F)c2)c1C. The minimum Gasteiger partial charge on any atom is -0.207 e. The highest BCUT2D eigenvalue weighted by Crippen LogP contribution is 2.33. The Labute approximate surface area is 107 Å². The van der Waals surface area contributed by atoms with Crippen molar-refractivity contribution in [2.24, 2.45) is 0 Å². The van der Waals surface area contributed by atoms with Gasteiger partial charge in [0.25, 0.3) is 0 Å². The van der Waals surface area contributed by atoms with E-state index in [9.17, 15) is 17.6 Å². The third-order valence-corrected chi connectivity index (χ3v) is 2.85. The molecule has 0 fully saturated rings. The maximum Gasteiger partial charge on any atom is 0.416 e. The number of halogens is 4. The van der Waals surface area contributed by atoms with E-state index < -0.39 is 17.6 Å². The van der Waals surface area contributed by atoms with Gasteiger partial charge in [-0.05, 0) is 43.2 Å². The Morgan fingerprint density at radius 3 is 2.37 bits per heavy atom. The van der Waals surface area contributed by atoms with Crippen molar-refractivity contribution >= 4 is 0 Å². The first-order valence-electron chi connectivity index (χ1n) is 5.46. The number of hydrogen-bond acceptors (Lipinski definition) is 2. The predicted octanol–water partition coefficient (Wildman–Crippen LogP) is 3.92. The van der Waals surface area contributed by atoms with Crippen molar-refractivity contribution in [3.05, 3.63) is 46.9 Å². The first-order valence-corrected chi connectivity index (χ1v) is 5.46. The van der Waals surface area contributed by atoms with E-state index in [2.05, 4.69) is 10.2 Å². The second kappa shape index (κ2) is 4.60. The molecule has 2 rings (SSSR count). The van der Waals surface area contributed by atoms with Crippen LogP contribution in [0.2, 0.25) is 0 Å². The van der Waals surface area contributed by atoms with E-state index in [-0.39, 0.29) is 11.3 Å².